The molecule has 0 N–H and O–H groups in total. The Bertz CT molecular complexity index is 1170. The number of aromatic nitrogens is 2. The largest absolute Gasteiger partial charge is 0.477 e. The van der Waals surface area contributed by atoms with E-state index < -0.39 is 0 Å². The van der Waals surface area contributed by atoms with Crippen molar-refractivity contribution >= 4 is 17.8 Å². The zero-order valence-corrected chi connectivity index (χ0v) is 21.2. The number of amides is 1. The molecule has 35 heavy (non-hydrogen) atoms. The first-order valence-corrected chi connectivity index (χ1v) is 13.1. The summed E-state index contributed by atoms with van der Waals surface area (Å²) in [6.45, 7) is 4.79. The van der Waals surface area contributed by atoms with E-state index in [0.29, 0.717) is 30.1 Å². The fraction of sp³-hybridized carbons (Fsp3) is 0.517. The number of rotatable bonds is 6. The maximum atomic E-state index is 12.4. The number of aryl methyl sites for hydroxylation is 2. The number of hydrogen-bond donors (Lipinski definition) is 0. The van der Waals surface area contributed by atoms with Gasteiger partial charge in [-0.15, -0.1) is 0 Å². The first-order chi connectivity index (χ1) is 17.0. The van der Waals surface area contributed by atoms with Crippen LogP contribution in [0.25, 0.3) is 5.57 Å². The number of ether oxygens (including phenoxy) is 1. The van der Waals surface area contributed by atoms with E-state index in [-0.39, 0.29) is 12.3 Å². The molecule has 0 radical (unpaired) electrons. The highest BCUT2D eigenvalue weighted by Gasteiger charge is 2.40. The van der Waals surface area contributed by atoms with Crippen LogP contribution in [0.4, 0.5) is 0 Å². The lowest BCUT2D eigenvalue weighted by atomic mass is 9.85. The summed E-state index contributed by atoms with van der Waals surface area (Å²) < 4.78 is 6.30. The standard InChI is InChI=1S/C29H36N4O2/c1-4-23-24-10-8-6-5-7-9-20(24)11-12-25(23)26-13-22(26)17-35-29-27(16-31-19(2)32-29)21-14-28(34)33(3)18-30-15-21/h11-12,15-16,18,22,26H,4-10,13-14,17H2,1-3H3. The SMILES string of the molecule is CCc1c(C2CC2COc2nc(C)ncc2C2=CN=CN(C)C(=O)C2)ccc2c1CCCCCC2. The van der Waals surface area contributed by atoms with Gasteiger partial charge in [-0.1, -0.05) is 31.9 Å². The summed E-state index contributed by atoms with van der Waals surface area (Å²) >= 11 is 0. The van der Waals surface area contributed by atoms with Crippen LogP contribution in [0, 0.1) is 12.8 Å². The zero-order chi connectivity index (χ0) is 24.4. The van der Waals surface area contributed by atoms with Crippen molar-refractivity contribution in [2.75, 3.05) is 13.7 Å². The molecule has 1 amide bonds. The van der Waals surface area contributed by atoms with Gasteiger partial charge in [0, 0.05) is 25.4 Å². The van der Waals surface area contributed by atoms with E-state index in [1.807, 2.05) is 6.92 Å². The highest BCUT2D eigenvalue weighted by atomic mass is 16.5. The molecule has 6 heteroatoms. The second-order valence-electron chi connectivity index (χ2n) is 10.2. The minimum absolute atomic E-state index is 0.0164. The number of carbonyl (C=O) groups is 1. The maximum absolute atomic E-state index is 12.4. The Hall–Kier alpha value is -3.02. The first kappa shape index (κ1) is 23.7. The summed E-state index contributed by atoms with van der Waals surface area (Å²) in [7, 11) is 1.72. The number of benzene rings is 1. The molecule has 1 aromatic carbocycles. The lowest BCUT2D eigenvalue weighted by molar-refractivity contribution is -0.125. The van der Waals surface area contributed by atoms with E-state index in [2.05, 4.69) is 34.0 Å². The van der Waals surface area contributed by atoms with Crippen LogP contribution in [0.5, 0.6) is 5.88 Å². The molecule has 1 aromatic heterocycles. The van der Waals surface area contributed by atoms with Crippen LogP contribution in [0.2, 0.25) is 0 Å². The average molecular weight is 473 g/mol. The van der Waals surface area contributed by atoms with E-state index in [9.17, 15) is 4.79 Å². The Morgan fingerprint density at radius 3 is 2.80 bits per heavy atom. The first-order valence-electron chi connectivity index (χ1n) is 13.1. The highest BCUT2D eigenvalue weighted by Crippen LogP contribution is 2.50. The molecule has 2 heterocycles. The van der Waals surface area contributed by atoms with Gasteiger partial charge < -0.3 is 9.64 Å². The zero-order valence-electron chi connectivity index (χ0n) is 21.2. The molecule has 1 aliphatic heterocycles. The van der Waals surface area contributed by atoms with Crippen LogP contribution in [-0.2, 0) is 24.1 Å². The third-order valence-corrected chi connectivity index (χ3v) is 7.72. The topological polar surface area (TPSA) is 67.7 Å². The molecule has 1 fully saturated rings. The van der Waals surface area contributed by atoms with E-state index in [0.717, 1.165) is 24.0 Å². The Morgan fingerprint density at radius 1 is 1.14 bits per heavy atom. The van der Waals surface area contributed by atoms with E-state index in [4.69, 9.17) is 4.74 Å². The normalized spacial score (nSPS) is 22.1. The van der Waals surface area contributed by atoms with Crippen LogP contribution < -0.4 is 4.74 Å². The maximum Gasteiger partial charge on any atom is 0.231 e. The van der Waals surface area contributed by atoms with Gasteiger partial charge in [-0.05, 0) is 79.2 Å². The van der Waals surface area contributed by atoms with Crippen LogP contribution in [0.15, 0.2) is 29.5 Å². The number of hydrogen-bond acceptors (Lipinski definition) is 5. The number of nitrogens with zero attached hydrogens (tertiary/aromatic N) is 4. The third-order valence-electron chi connectivity index (χ3n) is 7.72. The highest BCUT2D eigenvalue weighted by molar-refractivity contribution is 5.96. The molecule has 0 spiro atoms. The van der Waals surface area contributed by atoms with Crippen molar-refractivity contribution in [2.24, 2.45) is 10.9 Å². The van der Waals surface area contributed by atoms with Crippen molar-refractivity contribution in [1.29, 1.82) is 0 Å². The summed E-state index contributed by atoms with van der Waals surface area (Å²) in [5.74, 6) is 2.24. The van der Waals surface area contributed by atoms with Crippen LogP contribution in [-0.4, -0.2) is 40.8 Å². The number of carbonyl (C=O) groups excluding carboxylic acids is 1. The van der Waals surface area contributed by atoms with Crippen LogP contribution >= 0.6 is 0 Å². The fourth-order valence-electron chi connectivity index (χ4n) is 5.60. The predicted molar refractivity (Wildman–Crippen MR) is 139 cm³/mol. The molecular weight excluding hydrogens is 436 g/mol. The van der Waals surface area contributed by atoms with Gasteiger partial charge in [-0.25, -0.2) is 9.98 Å². The second-order valence-corrected chi connectivity index (χ2v) is 10.2. The minimum atomic E-state index is -0.0164. The molecule has 2 aromatic rings. The van der Waals surface area contributed by atoms with Crippen molar-refractivity contribution in [3.05, 3.63) is 58.2 Å². The Balaban J connectivity index is 1.32. The molecule has 3 aliphatic rings. The molecule has 2 unspecified atom stereocenters. The predicted octanol–water partition coefficient (Wildman–Crippen LogP) is 5.42. The Morgan fingerprint density at radius 2 is 1.97 bits per heavy atom. The number of fused-ring (bicyclic) bond motifs is 1. The minimum Gasteiger partial charge on any atom is -0.477 e. The Labute approximate surface area is 208 Å². The van der Waals surface area contributed by atoms with Crippen molar-refractivity contribution in [3.8, 4) is 5.88 Å². The smallest absolute Gasteiger partial charge is 0.231 e. The van der Waals surface area contributed by atoms with Crippen molar-refractivity contribution in [1.82, 2.24) is 14.9 Å². The van der Waals surface area contributed by atoms with E-state index >= 15 is 0 Å². The summed E-state index contributed by atoms with van der Waals surface area (Å²) in [6.07, 6.45) is 15.3. The number of aliphatic imine (C=N–C) groups is 1. The van der Waals surface area contributed by atoms with Gasteiger partial charge in [0.15, 0.2) is 0 Å². The van der Waals surface area contributed by atoms with E-state index in [1.54, 1.807) is 36.1 Å². The van der Waals surface area contributed by atoms with Gasteiger partial charge in [0.2, 0.25) is 11.8 Å². The molecule has 2 atom stereocenters. The monoisotopic (exact) mass is 472 g/mol. The fourth-order valence-corrected chi connectivity index (χ4v) is 5.60. The van der Waals surface area contributed by atoms with Crippen molar-refractivity contribution < 1.29 is 9.53 Å². The van der Waals surface area contributed by atoms with Gasteiger partial charge in [-0.2, -0.15) is 4.98 Å². The summed E-state index contributed by atoms with van der Waals surface area (Å²) in [5.41, 5.74) is 7.89. The second kappa shape index (κ2) is 10.3. The quantitative estimate of drug-likeness (QED) is 0.563. The Kier molecular flexibility index (Phi) is 6.98. The van der Waals surface area contributed by atoms with Crippen LogP contribution in [0.3, 0.4) is 0 Å². The molecular formula is C29H36N4O2. The molecule has 1 saturated carbocycles. The molecule has 184 valence electrons. The lowest BCUT2D eigenvalue weighted by Crippen LogP contribution is -2.23. The lowest BCUT2D eigenvalue weighted by Gasteiger charge is -2.20. The third kappa shape index (κ3) is 5.16. The summed E-state index contributed by atoms with van der Waals surface area (Å²) in [5, 5.41) is 0. The van der Waals surface area contributed by atoms with Crippen molar-refractivity contribution in [3.63, 3.8) is 0 Å². The molecule has 0 saturated heterocycles. The van der Waals surface area contributed by atoms with Gasteiger partial charge in [0.05, 0.1) is 24.9 Å². The molecule has 0 bridgehead atoms. The van der Waals surface area contributed by atoms with Crippen molar-refractivity contribution in [2.45, 2.75) is 77.6 Å². The van der Waals surface area contributed by atoms with Crippen LogP contribution in [0.1, 0.15) is 85.0 Å². The summed E-state index contributed by atoms with van der Waals surface area (Å²) in [4.78, 5) is 27.1. The van der Waals surface area contributed by atoms with E-state index in [1.165, 1.54) is 55.3 Å². The molecule has 5 rings (SSSR count). The summed E-state index contributed by atoms with van der Waals surface area (Å²) in [6, 6.07) is 4.81. The van der Waals surface area contributed by atoms with Gasteiger partial charge in [-0.3, -0.25) is 4.79 Å². The molecule has 2 aliphatic carbocycles. The van der Waals surface area contributed by atoms with Gasteiger partial charge in [0.1, 0.15) is 5.82 Å². The average Bonchev–Trinajstić information content (AvgIpc) is 3.63. The van der Waals surface area contributed by atoms with Gasteiger partial charge in [0.25, 0.3) is 0 Å². The molecule has 6 nitrogen and oxygen atoms in total. The van der Waals surface area contributed by atoms with Gasteiger partial charge >= 0.3 is 0 Å².